The van der Waals surface area contributed by atoms with Gasteiger partial charge in [0.25, 0.3) is 0 Å². The van der Waals surface area contributed by atoms with Crippen molar-refractivity contribution in [1.82, 2.24) is 19.5 Å². The standard InChI is InChI=1S/C22H30ClN5O3S/c1-18-4-3-5-20(22(18)23)32(30,31)26(2)12-8-21(29)25-11-13-27-14-16-28(17-15-27)19-6-9-24-10-7-19/h3-7,9-10H,8,11-17H2,1-2H3,(H,25,29). The normalized spacial score (nSPS) is 15.2. The highest BCUT2D eigenvalue weighted by Gasteiger charge is 2.24. The molecule has 2 heterocycles. The van der Waals surface area contributed by atoms with E-state index in [4.69, 9.17) is 11.6 Å². The third-order valence-corrected chi connectivity index (χ3v) is 8.16. The molecule has 1 aliphatic rings. The van der Waals surface area contributed by atoms with E-state index < -0.39 is 10.0 Å². The second-order valence-electron chi connectivity index (χ2n) is 7.85. The number of nitrogens with zero attached hydrogens (tertiary/aromatic N) is 4. The number of sulfonamides is 1. The van der Waals surface area contributed by atoms with Crippen molar-refractivity contribution in [2.75, 3.05) is 57.8 Å². The molecule has 1 aliphatic heterocycles. The van der Waals surface area contributed by atoms with Gasteiger partial charge in [0.2, 0.25) is 15.9 Å². The minimum Gasteiger partial charge on any atom is -0.369 e. The first-order valence-corrected chi connectivity index (χ1v) is 12.5. The molecule has 2 aromatic rings. The van der Waals surface area contributed by atoms with Crippen LogP contribution in [0.2, 0.25) is 5.02 Å². The molecule has 1 saturated heterocycles. The molecule has 1 aromatic carbocycles. The molecule has 1 amide bonds. The molecule has 1 aromatic heterocycles. The lowest BCUT2D eigenvalue weighted by Crippen LogP contribution is -2.48. The van der Waals surface area contributed by atoms with Crippen molar-refractivity contribution in [2.45, 2.75) is 18.2 Å². The summed E-state index contributed by atoms with van der Waals surface area (Å²) in [6, 6.07) is 8.93. The molecule has 1 fully saturated rings. The predicted molar refractivity (Wildman–Crippen MR) is 127 cm³/mol. The molecule has 0 atom stereocenters. The zero-order valence-electron chi connectivity index (χ0n) is 18.5. The quantitative estimate of drug-likeness (QED) is 0.592. The number of piperazine rings is 1. The van der Waals surface area contributed by atoms with Crippen LogP contribution in [0.15, 0.2) is 47.6 Å². The number of hydrogen-bond acceptors (Lipinski definition) is 6. The van der Waals surface area contributed by atoms with Crippen LogP contribution in [0.3, 0.4) is 0 Å². The van der Waals surface area contributed by atoms with E-state index in [9.17, 15) is 13.2 Å². The number of pyridine rings is 1. The number of anilines is 1. The zero-order chi connectivity index (χ0) is 23.1. The molecule has 1 N–H and O–H groups in total. The van der Waals surface area contributed by atoms with E-state index >= 15 is 0 Å². The number of carbonyl (C=O) groups excluding carboxylic acids is 1. The number of amides is 1. The molecule has 0 radical (unpaired) electrons. The molecule has 10 heteroatoms. The first kappa shape index (κ1) is 24.4. The summed E-state index contributed by atoms with van der Waals surface area (Å²) >= 11 is 6.18. The van der Waals surface area contributed by atoms with Crippen molar-refractivity contribution in [3.05, 3.63) is 53.3 Å². The lowest BCUT2D eigenvalue weighted by Gasteiger charge is -2.36. The van der Waals surface area contributed by atoms with Gasteiger partial charge in [-0.25, -0.2) is 12.7 Å². The van der Waals surface area contributed by atoms with Gasteiger partial charge in [-0.15, -0.1) is 0 Å². The Morgan fingerprint density at radius 1 is 1.16 bits per heavy atom. The second kappa shape index (κ2) is 11.1. The summed E-state index contributed by atoms with van der Waals surface area (Å²) in [5.41, 5.74) is 1.87. The highest BCUT2D eigenvalue weighted by atomic mass is 35.5. The maximum Gasteiger partial charge on any atom is 0.244 e. The molecule has 0 saturated carbocycles. The van der Waals surface area contributed by atoms with Crippen molar-refractivity contribution < 1.29 is 13.2 Å². The number of aromatic nitrogens is 1. The van der Waals surface area contributed by atoms with Gasteiger partial charge in [-0.1, -0.05) is 23.7 Å². The Morgan fingerprint density at radius 2 is 1.84 bits per heavy atom. The van der Waals surface area contributed by atoms with Crippen molar-refractivity contribution in [2.24, 2.45) is 0 Å². The third-order valence-electron chi connectivity index (χ3n) is 5.65. The molecule has 3 rings (SSSR count). The molecule has 0 aliphatic carbocycles. The smallest absolute Gasteiger partial charge is 0.244 e. The fourth-order valence-electron chi connectivity index (χ4n) is 3.59. The number of aryl methyl sites for hydroxylation is 1. The van der Waals surface area contributed by atoms with Crippen LogP contribution >= 0.6 is 11.6 Å². The molecular formula is C22H30ClN5O3S. The minimum atomic E-state index is -3.75. The van der Waals surface area contributed by atoms with Gasteiger partial charge in [0.15, 0.2) is 0 Å². The Labute approximate surface area is 195 Å². The first-order valence-electron chi connectivity index (χ1n) is 10.6. The Hall–Kier alpha value is -2.20. The van der Waals surface area contributed by atoms with Gasteiger partial charge in [0, 0.05) is 77.4 Å². The van der Waals surface area contributed by atoms with Crippen molar-refractivity contribution >= 4 is 33.2 Å². The minimum absolute atomic E-state index is 0.0629. The predicted octanol–water partition coefficient (Wildman–Crippen LogP) is 1.99. The Balaban J connectivity index is 1.38. The van der Waals surface area contributed by atoms with E-state index in [-0.39, 0.29) is 28.8 Å². The lowest BCUT2D eigenvalue weighted by atomic mass is 10.2. The third kappa shape index (κ3) is 6.19. The lowest BCUT2D eigenvalue weighted by molar-refractivity contribution is -0.121. The second-order valence-corrected chi connectivity index (χ2v) is 10.2. The average Bonchev–Trinajstić information content (AvgIpc) is 2.80. The van der Waals surface area contributed by atoms with E-state index in [1.165, 1.54) is 23.1 Å². The molecule has 32 heavy (non-hydrogen) atoms. The maximum absolute atomic E-state index is 12.8. The van der Waals surface area contributed by atoms with Crippen LogP contribution in [0.1, 0.15) is 12.0 Å². The summed E-state index contributed by atoms with van der Waals surface area (Å²) in [5, 5.41) is 3.11. The number of nitrogens with one attached hydrogen (secondary N) is 1. The van der Waals surface area contributed by atoms with Crippen LogP contribution in [0, 0.1) is 6.92 Å². The van der Waals surface area contributed by atoms with Crippen LogP contribution in [-0.4, -0.2) is 81.4 Å². The summed E-state index contributed by atoms with van der Waals surface area (Å²) < 4.78 is 26.7. The first-order chi connectivity index (χ1) is 15.3. The largest absolute Gasteiger partial charge is 0.369 e. The molecular weight excluding hydrogens is 450 g/mol. The van der Waals surface area contributed by atoms with Crippen LogP contribution in [0.5, 0.6) is 0 Å². The van der Waals surface area contributed by atoms with Crippen LogP contribution in [0.4, 0.5) is 5.69 Å². The topological polar surface area (TPSA) is 85.8 Å². The molecule has 0 unspecified atom stereocenters. The fourth-order valence-corrected chi connectivity index (χ4v) is 5.32. The van der Waals surface area contributed by atoms with Crippen LogP contribution in [0.25, 0.3) is 0 Å². The van der Waals surface area contributed by atoms with Crippen LogP contribution in [-0.2, 0) is 14.8 Å². The number of hydrogen-bond donors (Lipinski definition) is 1. The van der Waals surface area contributed by atoms with Crippen LogP contribution < -0.4 is 10.2 Å². The Morgan fingerprint density at radius 3 is 2.53 bits per heavy atom. The van der Waals surface area contributed by atoms with Crippen molar-refractivity contribution in [3.63, 3.8) is 0 Å². The van der Waals surface area contributed by atoms with Gasteiger partial charge in [-0.05, 0) is 30.7 Å². The summed E-state index contributed by atoms with van der Waals surface area (Å²) in [4.78, 5) is 21.0. The molecule has 8 nitrogen and oxygen atoms in total. The summed E-state index contributed by atoms with van der Waals surface area (Å²) in [5.74, 6) is -0.169. The van der Waals surface area contributed by atoms with Gasteiger partial charge in [-0.2, -0.15) is 0 Å². The number of carbonyl (C=O) groups is 1. The Kier molecular flexibility index (Phi) is 8.47. The summed E-state index contributed by atoms with van der Waals surface area (Å²) in [6.07, 6.45) is 3.69. The maximum atomic E-state index is 12.8. The Bertz CT molecular complexity index is 1010. The summed E-state index contributed by atoms with van der Waals surface area (Å²) in [7, 11) is -2.29. The SMILES string of the molecule is Cc1cccc(S(=O)(=O)N(C)CCC(=O)NCCN2CCN(c3ccncc3)CC2)c1Cl. The molecule has 0 spiro atoms. The van der Waals surface area contributed by atoms with Gasteiger partial charge in [-0.3, -0.25) is 14.7 Å². The van der Waals surface area contributed by atoms with E-state index in [1.807, 2.05) is 12.1 Å². The molecule has 0 bridgehead atoms. The van der Waals surface area contributed by atoms with Gasteiger partial charge < -0.3 is 10.2 Å². The van der Waals surface area contributed by atoms with Crippen molar-refractivity contribution in [1.29, 1.82) is 0 Å². The van der Waals surface area contributed by atoms with E-state index in [2.05, 4.69) is 20.1 Å². The number of halogens is 1. The van der Waals surface area contributed by atoms with Gasteiger partial charge in [0.1, 0.15) is 4.90 Å². The highest BCUT2D eigenvalue weighted by molar-refractivity contribution is 7.89. The van der Waals surface area contributed by atoms with E-state index in [0.29, 0.717) is 12.1 Å². The van der Waals surface area contributed by atoms with E-state index in [0.717, 1.165) is 32.7 Å². The van der Waals surface area contributed by atoms with Gasteiger partial charge in [0.05, 0.1) is 5.02 Å². The summed E-state index contributed by atoms with van der Waals surface area (Å²) in [6.45, 7) is 6.87. The molecule has 174 valence electrons. The number of benzene rings is 1. The number of rotatable bonds is 9. The van der Waals surface area contributed by atoms with E-state index in [1.54, 1.807) is 31.5 Å². The van der Waals surface area contributed by atoms with Gasteiger partial charge >= 0.3 is 0 Å². The fraction of sp³-hybridized carbons (Fsp3) is 0.455. The highest BCUT2D eigenvalue weighted by Crippen LogP contribution is 2.26. The van der Waals surface area contributed by atoms with Crippen molar-refractivity contribution in [3.8, 4) is 0 Å². The zero-order valence-corrected chi connectivity index (χ0v) is 20.1. The average molecular weight is 480 g/mol. The monoisotopic (exact) mass is 479 g/mol.